The van der Waals surface area contributed by atoms with E-state index in [0.29, 0.717) is 0 Å². The van der Waals surface area contributed by atoms with Crippen molar-refractivity contribution in [2.24, 2.45) is 17.8 Å². The second kappa shape index (κ2) is 5.15. The van der Waals surface area contributed by atoms with E-state index in [1.807, 2.05) is 0 Å². The Bertz CT molecular complexity index is 388. The molecule has 0 aromatic carbocycles. The number of aliphatic hydroxyl groups excluding tert-OH is 1. The second-order valence-corrected chi connectivity index (χ2v) is 8.25. The highest BCUT2D eigenvalue weighted by atomic mass is 16.3. The Morgan fingerprint density at radius 2 is 1.52 bits per heavy atom. The predicted molar refractivity (Wildman–Crippen MR) is 80.8 cm³/mol. The van der Waals surface area contributed by atoms with Gasteiger partial charge in [0.05, 0.1) is 12.1 Å². The topological polar surface area (TPSA) is 61.4 Å². The van der Waals surface area contributed by atoms with Gasteiger partial charge in [0.25, 0.3) is 0 Å². The lowest BCUT2D eigenvalue weighted by Gasteiger charge is -2.56. The number of rotatable bonds is 2. The molecule has 0 aromatic heterocycles. The number of carbonyl (C=O) groups excluding carboxylic acids is 1. The zero-order chi connectivity index (χ0) is 14.4. The first-order chi connectivity index (χ1) is 10.1. The number of hydrogen-bond donors (Lipinski definition) is 3. The van der Waals surface area contributed by atoms with E-state index in [-0.39, 0.29) is 23.7 Å². The number of urea groups is 1. The van der Waals surface area contributed by atoms with E-state index < -0.39 is 0 Å². The zero-order valence-corrected chi connectivity index (χ0v) is 12.8. The lowest BCUT2D eigenvalue weighted by Crippen LogP contribution is -2.62. The van der Waals surface area contributed by atoms with Crippen LogP contribution >= 0.6 is 0 Å². The van der Waals surface area contributed by atoms with E-state index in [0.717, 1.165) is 43.4 Å². The third kappa shape index (κ3) is 2.67. The van der Waals surface area contributed by atoms with E-state index >= 15 is 0 Å². The van der Waals surface area contributed by atoms with E-state index in [9.17, 15) is 9.90 Å². The predicted octanol–water partition coefficient (Wildman–Crippen LogP) is 2.56. The molecule has 0 unspecified atom stereocenters. The van der Waals surface area contributed by atoms with Crippen molar-refractivity contribution in [1.29, 1.82) is 0 Å². The van der Waals surface area contributed by atoms with Crippen molar-refractivity contribution in [3.05, 3.63) is 0 Å². The van der Waals surface area contributed by atoms with Gasteiger partial charge >= 0.3 is 6.03 Å². The van der Waals surface area contributed by atoms with Crippen LogP contribution in [0.1, 0.15) is 64.2 Å². The SMILES string of the molecule is O=C(N[C@@H]1CCCC[C@H]1O)NC12CC3CC(CC(C3)C1)C2. The maximum absolute atomic E-state index is 12.4. The summed E-state index contributed by atoms with van der Waals surface area (Å²) >= 11 is 0. The molecule has 5 saturated carbocycles. The summed E-state index contributed by atoms with van der Waals surface area (Å²) < 4.78 is 0. The zero-order valence-electron chi connectivity index (χ0n) is 12.8. The maximum Gasteiger partial charge on any atom is 0.315 e. The molecule has 5 rings (SSSR count). The maximum atomic E-state index is 12.4. The van der Waals surface area contributed by atoms with Gasteiger partial charge in [-0.25, -0.2) is 4.79 Å². The van der Waals surface area contributed by atoms with Crippen molar-refractivity contribution in [1.82, 2.24) is 10.6 Å². The first-order valence-electron chi connectivity index (χ1n) is 8.89. The molecule has 4 bridgehead atoms. The van der Waals surface area contributed by atoms with Crippen molar-refractivity contribution < 1.29 is 9.90 Å². The molecule has 118 valence electrons. The van der Waals surface area contributed by atoms with Gasteiger partial charge in [-0.15, -0.1) is 0 Å². The molecule has 5 aliphatic carbocycles. The van der Waals surface area contributed by atoms with Gasteiger partial charge in [0.15, 0.2) is 0 Å². The average molecular weight is 292 g/mol. The lowest BCUT2D eigenvalue weighted by molar-refractivity contribution is -0.0142. The summed E-state index contributed by atoms with van der Waals surface area (Å²) in [4.78, 5) is 12.4. The van der Waals surface area contributed by atoms with Gasteiger partial charge in [-0.05, 0) is 69.1 Å². The Hall–Kier alpha value is -0.770. The molecule has 0 radical (unpaired) electrons. The number of carbonyl (C=O) groups is 1. The van der Waals surface area contributed by atoms with Crippen LogP contribution in [0.3, 0.4) is 0 Å². The van der Waals surface area contributed by atoms with Crippen LogP contribution in [0.5, 0.6) is 0 Å². The molecule has 0 heterocycles. The standard InChI is InChI=1S/C17H28N2O2/c20-15-4-2-1-3-14(15)18-16(21)19-17-8-11-5-12(9-17)7-13(6-11)10-17/h11-15,20H,1-10H2,(H2,18,19,21)/t11?,12?,13?,14-,15-,17?/m1/s1. The number of nitrogens with one attached hydrogen (secondary N) is 2. The van der Waals surface area contributed by atoms with Crippen LogP contribution in [-0.2, 0) is 0 Å². The highest BCUT2D eigenvalue weighted by Gasteiger charge is 2.51. The van der Waals surface area contributed by atoms with E-state index in [1.165, 1.54) is 38.5 Å². The number of aliphatic hydroxyl groups is 1. The van der Waals surface area contributed by atoms with Gasteiger partial charge in [0, 0.05) is 5.54 Å². The fourth-order valence-electron chi connectivity index (χ4n) is 5.99. The molecule has 0 saturated heterocycles. The first-order valence-corrected chi connectivity index (χ1v) is 8.89. The molecule has 4 heteroatoms. The largest absolute Gasteiger partial charge is 0.391 e. The van der Waals surface area contributed by atoms with Gasteiger partial charge < -0.3 is 15.7 Å². The van der Waals surface area contributed by atoms with Gasteiger partial charge in [-0.2, -0.15) is 0 Å². The third-order valence-electron chi connectivity index (χ3n) is 6.46. The fraction of sp³-hybridized carbons (Fsp3) is 0.941. The van der Waals surface area contributed by atoms with Crippen LogP contribution in [0.15, 0.2) is 0 Å². The molecule has 2 amide bonds. The van der Waals surface area contributed by atoms with Crippen molar-refractivity contribution in [2.75, 3.05) is 0 Å². The van der Waals surface area contributed by atoms with Crippen molar-refractivity contribution in [3.63, 3.8) is 0 Å². The Labute approximate surface area is 127 Å². The molecule has 4 nitrogen and oxygen atoms in total. The number of amides is 2. The normalized spacial score (nSPS) is 48.1. The quantitative estimate of drug-likeness (QED) is 0.732. The van der Waals surface area contributed by atoms with E-state index in [2.05, 4.69) is 10.6 Å². The van der Waals surface area contributed by atoms with Crippen molar-refractivity contribution in [3.8, 4) is 0 Å². The van der Waals surface area contributed by atoms with Crippen LogP contribution in [0.2, 0.25) is 0 Å². The summed E-state index contributed by atoms with van der Waals surface area (Å²) in [6, 6.07) is -0.0874. The van der Waals surface area contributed by atoms with Crippen LogP contribution in [0.25, 0.3) is 0 Å². The van der Waals surface area contributed by atoms with Crippen LogP contribution in [-0.4, -0.2) is 28.8 Å². The van der Waals surface area contributed by atoms with Gasteiger partial charge in [0.2, 0.25) is 0 Å². The minimum Gasteiger partial charge on any atom is -0.391 e. The minimum atomic E-state index is -0.360. The third-order valence-corrected chi connectivity index (χ3v) is 6.46. The Balaban J connectivity index is 1.38. The van der Waals surface area contributed by atoms with Gasteiger partial charge in [-0.3, -0.25) is 0 Å². The first kappa shape index (κ1) is 13.9. The molecular formula is C17H28N2O2. The molecule has 5 fully saturated rings. The minimum absolute atomic E-state index is 0.0390. The molecule has 2 atom stereocenters. The molecule has 0 aromatic rings. The average Bonchev–Trinajstić information content (AvgIpc) is 2.39. The summed E-state index contributed by atoms with van der Waals surface area (Å²) in [7, 11) is 0. The molecule has 21 heavy (non-hydrogen) atoms. The summed E-state index contributed by atoms with van der Waals surface area (Å²) in [6.45, 7) is 0. The van der Waals surface area contributed by atoms with Crippen molar-refractivity contribution >= 4 is 6.03 Å². The van der Waals surface area contributed by atoms with Crippen LogP contribution in [0, 0.1) is 17.8 Å². The monoisotopic (exact) mass is 292 g/mol. The smallest absolute Gasteiger partial charge is 0.315 e. The molecular weight excluding hydrogens is 264 g/mol. The van der Waals surface area contributed by atoms with Crippen LogP contribution in [0.4, 0.5) is 4.79 Å². The fourth-order valence-corrected chi connectivity index (χ4v) is 5.99. The Kier molecular flexibility index (Phi) is 3.40. The van der Waals surface area contributed by atoms with Gasteiger partial charge in [0.1, 0.15) is 0 Å². The van der Waals surface area contributed by atoms with E-state index in [4.69, 9.17) is 0 Å². The molecule has 3 N–H and O–H groups in total. The molecule has 0 aliphatic heterocycles. The Morgan fingerprint density at radius 1 is 0.952 bits per heavy atom. The molecule has 5 aliphatic rings. The lowest BCUT2D eigenvalue weighted by atomic mass is 9.53. The van der Waals surface area contributed by atoms with Crippen LogP contribution < -0.4 is 10.6 Å². The number of hydrogen-bond acceptors (Lipinski definition) is 2. The van der Waals surface area contributed by atoms with Crippen molar-refractivity contribution in [2.45, 2.75) is 81.9 Å². The van der Waals surface area contributed by atoms with Gasteiger partial charge in [-0.1, -0.05) is 12.8 Å². The van der Waals surface area contributed by atoms with E-state index in [1.54, 1.807) is 0 Å². The molecule has 0 spiro atoms. The Morgan fingerprint density at radius 3 is 2.10 bits per heavy atom. The second-order valence-electron chi connectivity index (χ2n) is 8.25. The summed E-state index contributed by atoms with van der Waals surface area (Å²) in [6.07, 6.45) is 11.3. The highest BCUT2D eigenvalue weighted by molar-refractivity contribution is 5.75. The highest BCUT2D eigenvalue weighted by Crippen LogP contribution is 2.55. The summed E-state index contributed by atoms with van der Waals surface area (Å²) in [5.74, 6) is 2.53. The summed E-state index contributed by atoms with van der Waals surface area (Å²) in [5.41, 5.74) is 0.0679. The summed E-state index contributed by atoms with van der Waals surface area (Å²) in [5, 5.41) is 16.4.